The topological polar surface area (TPSA) is 97.0 Å². The molecule has 0 saturated carbocycles. The Morgan fingerprint density at radius 2 is 2.37 bits per heavy atom. The van der Waals surface area contributed by atoms with Crippen molar-refractivity contribution in [3.05, 3.63) is 0 Å². The lowest BCUT2D eigenvalue weighted by atomic mass is 10.1. The molecule has 1 unspecified atom stereocenters. The molecule has 3 N–H and O–H groups in total. The van der Waals surface area contributed by atoms with E-state index in [1.807, 2.05) is 0 Å². The quantitative estimate of drug-likeness (QED) is 0.283. The molecule has 7 nitrogen and oxygen atoms in total. The number of nitrogens with two attached hydrogens (primary N) is 1. The van der Waals surface area contributed by atoms with Crippen molar-refractivity contribution in [3.8, 4) is 0 Å². The Kier molecular flexibility index (Phi) is 6.27. The van der Waals surface area contributed by atoms with Crippen molar-refractivity contribution >= 4 is 17.7 Å². The Morgan fingerprint density at radius 1 is 1.63 bits per heavy atom. The molecule has 1 aliphatic heterocycles. The zero-order valence-corrected chi connectivity index (χ0v) is 11.5. The van der Waals surface area contributed by atoms with Gasteiger partial charge in [-0.15, -0.1) is 0 Å². The summed E-state index contributed by atoms with van der Waals surface area (Å²) in [6, 6.07) is -0.244. The molecule has 108 valence electrons. The van der Waals surface area contributed by atoms with Gasteiger partial charge in [-0.25, -0.2) is 0 Å². The third kappa shape index (κ3) is 5.25. The van der Waals surface area contributed by atoms with E-state index < -0.39 is 5.97 Å². The number of methoxy groups -OCH3 is 1. The van der Waals surface area contributed by atoms with Gasteiger partial charge in [-0.3, -0.25) is 14.6 Å². The van der Waals surface area contributed by atoms with Crippen LogP contribution in [0.5, 0.6) is 0 Å². The molecule has 1 atom stereocenters. The molecule has 0 aliphatic carbocycles. The normalized spacial score (nSPS) is 20.5. The van der Waals surface area contributed by atoms with E-state index in [9.17, 15) is 9.59 Å². The van der Waals surface area contributed by atoms with Crippen molar-refractivity contribution in [2.75, 3.05) is 33.3 Å². The Balaban J connectivity index is 2.40. The number of aliphatic imine (C=N–C) groups is 1. The van der Waals surface area contributed by atoms with Crippen molar-refractivity contribution in [1.82, 2.24) is 10.2 Å². The van der Waals surface area contributed by atoms with E-state index in [0.29, 0.717) is 31.9 Å². The number of carbonyl (C=O) groups is 2. The molecule has 0 radical (unpaired) electrons. The molecular formula is C12H22N4O3. The number of esters is 1. The Hall–Kier alpha value is -1.63. The number of hydrogen-bond acceptors (Lipinski definition) is 5. The second-order valence-corrected chi connectivity index (χ2v) is 4.51. The largest absolute Gasteiger partial charge is 0.468 e. The number of nitrogens with one attached hydrogen (secondary N) is 1. The van der Waals surface area contributed by atoms with Crippen LogP contribution in [-0.4, -0.2) is 61.9 Å². The minimum Gasteiger partial charge on any atom is -0.468 e. The number of carbonyl (C=O) groups excluding carboxylic acids is 2. The molecule has 7 heteroatoms. The molecule has 1 rings (SSSR count). The fourth-order valence-electron chi connectivity index (χ4n) is 1.95. The second-order valence-electron chi connectivity index (χ2n) is 4.51. The first-order valence-corrected chi connectivity index (χ1v) is 6.40. The summed E-state index contributed by atoms with van der Waals surface area (Å²) in [7, 11) is 1.32. The highest BCUT2D eigenvalue weighted by Crippen LogP contribution is 2.07. The maximum Gasteiger partial charge on any atom is 0.325 e. The number of ether oxygens (including phenoxy) is 1. The van der Waals surface area contributed by atoms with Crippen LogP contribution in [0.1, 0.15) is 19.8 Å². The third-order valence-corrected chi connectivity index (χ3v) is 2.94. The van der Waals surface area contributed by atoms with Crippen LogP contribution in [0, 0.1) is 0 Å². The van der Waals surface area contributed by atoms with Crippen molar-refractivity contribution in [2.24, 2.45) is 10.7 Å². The van der Waals surface area contributed by atoms with E-state index in [2.05, 4.69) is 15.0 Å². The van der Waals surface area contributed by atoms with Gasteiger partial charge < -0.3 is 20.7 Å². The predicted octanol–water partition coefficient (Wildman–Crippen LogP) is -0.883. The van der Waals surface area contributed by atoms with Gasteiger partial charge >= 0.3 is 5.97 Å². The Labute approximate surface area is 113 Å². The summed E-state index contributed by atoms with van der Waals surface area (Å²) in [4.78, 5) is 28.9. The van der Waals surface area contributed by atoms with E-state index >= 15 is 0 Å². The highest BCUT2D eigenvalue weighted by atomic mass is 16.5. The molecule has 1 fully saturated rings. The average Bonchev–Trinajstić information content (AvgIpc) is 2.38. The fourth-order valence-corrected chi connectivity index (χ4v) is 1.95. The summed E-state index contributed by atoms with van der Waals surface area (Å²) in [5.41, 5.74) is 5.44. The third-order valence-electron chi connectivity index (χ3n) is 2.94. The molecule has 0 bridgehead atoms. The number of amides is 1. The minimum absolute atomic E-state index is 0.0214. The lowest BCUT2D eigenvalue weighted by molar-refractivity contribution is -0.148. The van der Waals surface area contributed by atoms with Gasteiger partial charge in [-0.2, -0.15) is 0 Å². The average molecular weight is 270 g/mol. The summed E-state index contributed by atoms with van der Waals surface area (Å²) in [5, 5.41) is 3.16. The van der Waals surface area contributed by atoms with Crippen LogP contribution in [0.15, 0.2) is 4.99 Å². The Bertz CT molecular complexity index is 353. The molecule has 0 aromatic heterocycles. The maximum absolute atomic E-state index is 12.1. The summed E-state index contributed by atoms with van der Waals surface area (Å²) in [6.45, 7) is 3.59. The van der Waals surface area contributed by atoms with Gasteiger partial charge in [0.25, 0.3) is 0 Å². The van der Waals surface area contributed by atoms with Crippen molar-refractivity contribution < 1.29 is 14.3 Å². The van der Waals surface area contributed by atoms with Crippen LogP contribution in [0.2, 0.25) is 0 Å². The molecule has 1 heterocycles. The second kappa shape index (κ2) is 7.73. The first-order chi connectivity index (χ1) is 9.04. The number of piperazine rings is 1. The molecule has 0 spiro atoms. The predicted molar refractivity (Wildman–Crippen MR) is 71.8 cm³/mol. The lowest BCUT2D eigenvalue weighted by Gasteiger charge is -2.32. The molecular weight excluding hydrogens is 248 g/mol. The van der Waals surface area contributed by atoms with Gasteiger partial charge in [0.15, 0.2) is 0 Å². The van der Waals surface area contributed by atoms with Gasteiger partial charge in [0, 0.05) is 19.6 Å². The lowest BCUT2D eigenvalue weighted by Crippen LogP contribution is -2.56. The van der Waals surface area contributed by atoms with Gasteiger partial charge in [0.2, 0.25) is 5.91 Å². The maximum atomic E-state index is 12.1. The first-order valence-electron chi connectivity index (χ1n) is 6.40. The molecule has 1 saturated heterocycles. The molecule has 1 aliphatic rings. The summed E-state index contributed by atoms with van der Waals surface area (Å²) in [6.07, 6.45) is 1.47. The van der Waals surface area contributed by atoms with Gasteiger partial charge in [-0.1, -0.05) is 0 Å². The Morgan fingerprint density at radius 3 is 3.00 bits per heavy atom. The highest BCUT2D eigenvalue weighted by Gasteiger charge is 2.29. The fraction of sp³-hybridized carbons (Fsp3) is 0.750. The van der Waals surface area contributed by atoms with Crippen LogP contribution < -0.4 is 11.1 Å². The van der Waals surface area contributed by atoms with Crippen molar-refractivity contribution in [3.63, 3.8) is 0 Å². The van der Waals surface area contributed by atoms with Crippen LogP contribution >= 0.6 is 0 Å². The molecule has 0 aromatic rings. The number of hydrogen-bond donors (Lipinski definition) is 2. The van der Waals surface area contributed by atoms with Crippen molar-refractivity contribution in [1.29, 1.82) is 0 Å². The van der Waals surface area contributed by atoms with Crippen molar-refractivity contribution in [2.45, 2.75) is 25.8 Å². The van der Waals surface area contributed by atoms with Crippen LogP contribution in [0.3, 0.4) is 0 Å². The zero-order valence-electron chi connectivity index (χ0n) is 11.5. The van der Waals surface area contributed by atoms with Crippen LogP contribution in [-0.2, 0) is 14.3 Å². The van der Waals surface area contributed by atoms with Gasteiger partial charge in [0.05, 0.1) is 19.0 Å². The minimum atomic E-state index is -0.391. The number of amidine groups is 1. The van der Waals surface area contributed by atoms with E-state index in [1.165, 1.54) is 12.0 Å². The first kappa shape index (κ1) is 15.4. The van der Waals surface area contributed by atoms with E-state index in [4.69, 9.17) is 5.73 Å². The van der Waals surface area contributed by atoms with E-state index in [-0.39, 0.29) is 18.5 Å². The number of rotatable bonds is 6. The SMILES string of the molecule is COC(=O)CN1CCNC(CCCN=C(C)N)C1=O. The smallest absolute Gasteiger partial charge is 0.325 e. The van der Waals surface area contributed by atoms with E-state index in [1.54, 1.807) is 6.92 Å². The summed E-state index contributed by atoms with van der Waals surface area (Å²) < 4.78 is 4.58. The zero-order chi connectivity index (χ0) is 14.3. The summed E-state index contributed by atoms with van der Waals surface area (Å²) >= 11 is 0. The summed E-state index contributed by atoms with van der Waals surface area (Å²) in [5.74, 6) is 0.109. The van der Waals surface area contributed by atoms with Gasteiger partial charge in [-0.05, 0) is 19.8 Å². The monoisotopic (exact) mass is 270 g/mol. The molecule has 19 heavy (non-hydrogen) atoms. The molecule has 0 aromatic carbocycles. The molecule has 1 amide bonds. The van der Waals surface area contributed by atoms with E-state index in [0.717, 1.165) is 6.42 Å². The number of nitrogens with zero attached hydrogens (tertiary/aromatic N) is 2. The van der Waals surface area contributed by atoms with Crippen LogP contribution in [0.25, 0.3) is 0 Å². The standard InChI is InChI=1S/C12H22N4O3/c1-9(13)14-5-3-4-10-12(18)16(7-6-15-10)8-11(17)19-2/h10,15H,3-8H2,1-2H3,(H2,13,14). The van der Waals surface area contributed by atoms with Crippen LogP contribution in [0.4, 0.5) is 0 Å². The van der Waals surface area contributed by atoms with Gasteiger partial charge in [0.1, 0.15) is 6.54 Å². The highest BCUT2D eigenvalue weighted by molar-refractivity contribution is 5.86.